The number of pyridine rings is 1. The van der Waals surface area contributed by atoms with Crippen LogP contribution >= 0.6 is 11.6 Å². The number of rotatable bonds is 5. The molecule has 27 heavy (non-hydrogen) atoms. The van der Waals surface area contributed by atoms with Gasteiger partial charge in [0.2, 0.25) is 0 Å². The number of halogens is 1. The molecule has 2 aromatic rings. The first kappa shape index (κ1) is 19.5. The fourth-order valence-electron chi connectivity index (χ4n) is 3.38. The van der Waals surface area contributed by atoms with Crippen molar-refractivity contribution in [3.63, 3.8) is 0 Å². The largest absolute Gasteiger partial charge is 0.369 e. The average Bonchev–Trinajstić information content (AvgIpc) is 2.53. The molecule has 0 unspecified atom stereocenters. The number of H-pyrrole nitrogens is 1. The Morgan fingerprint density at radius 1 is 1.26 bits per heavy atom. The maximum atomic E-state index is 12.8. The number of benzene rings is 1. The summed E-state index contributed by atoms with van der Waals surface area (Å²) in [5.74, 6) is -0.240. The lowest BCUT2D eigenvalue weighted by atomic mass is 10.0. The van der Waals surface area contributed by atoms with E-state index in [1.165, 1.54) is 0 Å². The molecule has 3 rings (SSSR count). The van der Waals surface area contributed by atoms with Crippen molar-refractivity contribution in [2.24, 2.45) is 0 Å². The average molecular weight is 389 g/mol. The minimum absolute atomic E-state index is 0.171. The monoisotopic (exact) mass is 388 g/mol. The summed E-state index contributed by atoms with van der Waals surface area (Å²) in [5.41, 5.74) is 4.40. The molecule has 2 heterocycles. The number of amides is 1. The van der Waals surface area contributed by atoms with E-state index in [4.69, 9.17) is 11.6 Å². The van der Waals surface area contributed by atoms with Gasteiger partial charge in [-0.15, -0.1) is 0 Å². The standard InChI is InChI=1S/C20H25ClN4O2/c1-11-5-12(2)24-20(27)17(11)10-23-19(26)16-6-14(21)7-18(13(16)3)25(4)15-8-22-9-15/h5-7,15,22H,8-10H2,1-4H3,(H,23,26)(H,24,27). The van der Waals surface area contributed by atoms with Crippen LogP contribution in [-0.4, -0.2) is 37.1 Å². The van der Waals surface area contributed by atoms with Crippen molar-refractivity contribution in [1.29, 1.82) is 0 Å². The first-order valence-electron chi connectivity index (χ1n) is 8.99. The summed E-state index contributed by atoms with van der Waals surface area (Å²) in [6.45, 7) is 7.63. The van der Waals surface area contributed by atoms with Gasteiger partial charge in [-0.1, -0.05) is 11.6 Å². The zero-order valence-electron chi connectivity index (χ0n) is 16.1. The van der Waals surface area contributed by atoms with Gasteiger partial charge >= 0.3 is 0 Å². The number of anilines is 1. The van der Waals surface area contributed by atoms with Crippen LogP contribution in [0.5, 0.6) is 0 Å². The molecule has 0 radical (unpaired) electrons. The zero-order valence-corrected chi connectivity index (χ0v) is 16.8. The summed E-state index contributed by atoms with van der Waals surface area (Å²) in [6, 6.07) is 5.86. The van der Waals surface area contributed by atoms with Crippen molar-refractivity contribution >= 4 is 23.2 Å². The summed E-state index contributed by atoms with van der Waals surface area (Å²) in [6.07, 6.45) is 0. The molecule has 3 N–H and O–H groups in total. The van der Waals surface area contributed by atoms with E-state index >= 15 is 0 Å². The molecular weight excluding hydrogens is 364 g/mol. The molecule has 7 heteroatoms. The van der Waals surface area contributed by atoms with E-state index in [0.717, 1.165) is 35.6 Å². The zero-order chi connectivity index (χ0) is 19.7. The lowest BCUT2D eigenvalue weighted by molar-refractivity contribution is 0.0950. The number of nitrogens with one attached hydrogen (secondary N) is 3. The molecule has 1 fully saturated rings. The van der Waals surface area contributed by atoms with Gasteiger partial charge in [0.1, 0.15) is 0 Å². The van der Waals surface area contributed by atoms with Crippen LogP contribution < -0.4 is 21.1 Å². The van der Waals surface area contributed by atoms with Gasteiger partial charge < -0.3 is 20.5 Å². The maximum Gasteiger partial charge on any atom is 0.253 e. The van der Waals surface area contributed by atoms with Crippen LogP contribution in [-0.2, 0) is 6.54 Å². The highest BCUT2D eigenvalue weighted by Crippen LogP contribution is 2.29. The molecule has 0 saturated carbocycles. The molecular formula is C20H25ClN4O2. The van der Waals surface area contributed by atoms with E-state index in [-0.39, 0.29) is 18.0 Å². The topological polar surface area (TPSA) is 77.2 Å². The Hall–Kier alpha value is -2.31. The van der Waals surface area contributed by atoms with E-state index < -0.39 is 0 Å². The lowest BCUT2D eigenvalue weighted by Crippen LogP contribution is -2.56. The number of aromatic nitrogens is 1. The van der Waals surface area contributed by atoms with Crippen molar-refractivity contribution in [3.8, 4) is 0 Å². The van der Waals surface area contributed by atoms with Crippen molar-refractivity contribution < 1.29 is 4.79 Å². The van der Waals surface area contributed by atoms with Gasteiger partial charge in [-0.3, -0.25) is 9.59 Å². The van der Waals surface area contributed by atoms with E-state index in [9.17, 15) is 9.59 Å². The summed E-state index contributed by atoms with van der Waals surface area (Å²) in [7, 11) is 2.01. The Kier molecular flexibility index (Phi) is 5.58. The number of nitrogens with zero attached hydrogens (tertiary/aromatic N) is 1. The number of aryl methyl sites for hydroxylation is 2. The number of carbonyl (C=O) groups excluding carboxylic acids is 1. The smallest absolute Gasteiger partial charge is 0.253 e. The van der Waals surface area contributed by atoms with Crippen LogP contribution in [0.1, 0.15) is 32.7 Å². The second-order valence-electron chi connectivity index (χ2n) is 7.15. The van der Waals surface area contributed by atoms with Crippen LogP contribution in [0.25, 0.3) is 0 Å². The first-order valence-corrected chi connectivity index (χ1v) is 9.37. The molecule has 0 spiro atoms. The molecule has 1 aromatic heterocycles. The number of hydrogen-bond donors (Lipinski definition) is 3. The summed E-state index contributed by atoms with van der Waals surface area (Å²) in [5, 5.41) is 6.63. The van der Waals surface area contributed by atoms with Crippen molar-refractivity contribution in [2.45, 2.75) is 33.4 Å². The molecule has 144 valence electrons. The molecule has 0 aliphatic carbocycles. The Balaban J connectivity index is 1.83. The van der Waals surface area contributed by atoms with Crippen molar-refractivity contribution in [2.75, 3.05) is 25.0 Å². The SMILES string of the molecule is Cc1cc(C)c(CNC(=O)c2cc(Cl)cc(N(C)C3CNC3)c2C)c(=O)[nH]1. The fourth-order valence-corrected chi connectivity index (χ4v) is 3.59. The second-order valence-corrected chi connectivity index (χ2v) is 7.58. The predicted molar refractivity (Wildman–Crippen MR) is 109 cm³/mol. The molecule has 1 aliphatic rings. The number of aromatic amines is 1. The van der Waals surface area contributed by atoms with E-state index in [1.54, 1.807) is 6.07 Å². The second kappa shape index (κ2) is 7.74. The van der Waals surface area contributed by atoms with Crippen LogP contribution in [0, 0.1) is 20.8 Å². The number of likely N-dealkylation sites (N-methyl/N-ethyl adjacent to an activating group) is 1. The van der Waals surface area contributed by atoms with E-state index in [2.05, 4.69) is 20.5 Å². The third kappa shape index (κ3) is 4.01. The van der Waals surface area contributed by atoms with Gasteiger partial charge in [0.05, 0.1) is 6.04 Å². The lowest BCUT2D eigenvalue weighted by Gasteiger charge is -2.38. The highest BCUT2D eigenvalue weighted by atomic mass is 35.5. The van der Waals surface area contributed by atoms with Crippen LogP contribution in [0.3, 0.4) is 0 Å². The summed E-state index contributed by atoms with van der Waals surface area (Å²) in [4.78, 5) is 29.9. The Morgan fingerprint density at radius 2 is 1.96 bits per heavy atom. The summed E-state index contributed by atoms with van der Waals surface area (Å²) >= 11 is 6.28. The van der Waals surface area contributed by atoms with Crippen LogP contribution in [0.4, 0.5) is 5.69 Å². The molecule has 6 nitrogen and oxygen atoms in total. The minimum atomic E-state index is -0.240. The highest BCUT2D eigenvalue weighted by molar-refractivity contribution is 6.31. The molecule has 1 saturated heterocycles. The molecule has 1 aliphatic heterocycles. The predicted octanol–water partition coefficient (Wildman–Crippen LogP) is 2.29. The molecule has 1 aromatic carbocycles. The normalized spacial score (nSPS) is 14.0. The maximum absolute atomic E-state index is 12.8. The Morgan fingerprint density at radius 3 is 2.56 bits per heavy atom. The first-order chi connectivity index (χ1) is 12.8. The fraction of sp³-hybridized carbons (Fsp3) is 0.400. The van der Waals surface area contributed by atoms with Gasteiger partial charge in [-0.25, -0.2) is 0 Å². The van der Waals surface area contributed by atoms with Gasteiger partial charge in [-0.05, 0) is 50.1 Å². The third-order valence-corrected chi connectivity index (χ3v) is 5.42. The van der Waals surface area contributed by atoms with Crippen molar-refractivity contribution in [1.82, 2.24) is 15.6 Å². The quantitative estimate of drug-likeness (QED) is 0.734. The Bertz CT molecular complexity index is 934. The van der Waals surface area contributed by atoms with Gasteiger partial charge in [-0.2, -0.15) is 0 Å². The molecule has 0 bridgehead atoms. The van der Waals surface area contributed by atoms with Crippen LogP contribution in [0.15, 0.2) is 23.0 Å². The van der Waals surface area contributed by atoms with Crippen LogP contribution in [0.2, 0.25) is 5.02 Å². The molecule has 0 atom stereocenters. The Labute approximate surface area is 163 Å². The highest BCUT2D eigenvalue weighted by Gasteiger charge is 2.25. The van der Waals surface area contributed by atoms with E-state index in [1.807, 2.05) is 40.0 Å². The van der Waals surface area contributed by atoms with E-state index in [0.29, 0.717) is 22.2 Å². The van der Waals surface area contributed by atoms with Crippen molar-refractivity contribution in [3.05, 3.63) is 61.5 Å². The van der Waals surface area contributed by atoms with Gasteiger partial charge in [0, 0.05) is 54.2 Å². The third-order valence-electron chi connectivity index (χ3n) is 5.20. The van der Waals surface area contributed by atoms with Gasteiger partial charge in [0.15, 0.2) is 0 Å². The minimum Gasteiger partial charge on any atom is -0.369 e. The number of carbonyl (C=O) groups is 1. The summed E-state index contributed by atoms with van der Waals surface area (Å²) < 4.78 is 0. The number of hydrogen-bond acceptors (Lipinski definition) is 4. The molecule has 1 amide bonds. The van der Waals surface area contributed by atoms with Gasteiger partial charge in [0.25, 0.3) is 11.5 Å².